The number of benzene rings is 1. The van der Waals surface area contributed by atoms with Crippen LogP contribution in [0.4, 0.5) is 0 Å². The van der Waals surface area contributed by atoms with Crippen molar-refractivity contribution in [1.82, 2.24) is 4.90 Å². The molecule has 1 aliphatic rings. The Bertz CT molecular complexity index is 385. The van der Waals surface area contributed by atoms with Gasteiger partial charge in [0.1, 0.15) is 5.75 Å². The van der Waals surface area contributed by atoms with E-state index in [9.17, 15) is 0 Å². The fourth-order valence-corrected chi connectivity index (χ4v) is 2.89. The third-order valence-corrected chi connectivity index (χ3v) is 4.39. The van der Waals surface area contributed by atoms with E-state index in [1.807, 2.05) is 0 Å². The van der Waals surface area contributed by atoms with Crippen molar-refractivity contribution in [1.29, 1.82) is 0 Å². The third kappa shape index (κ3) is 4.52. The summed E-state index contributed by atoms with van der Waals surface area (Å²) in [6.45, 7) is 9.09. The van der Waals surface area contributed by atoms with Gasteiger partial charge in [-0.1, -0.05) is 38.5 Å². The second-order valence-corrected chi connectivity index (χ2v) is 5.95. The van der Waals surface area contributed by atoms with Crippen molar-refractivity contribution in [2.45, 2.75) is 51.9 Å². The molecule has 1 aliphatic heterocycles. The van der Waals surface area contributed by atoms with Gasteiger partial charge in [0.05, 0.1) is 6.61 Å². The average Bonchev–Trinajstić information content (AvgIpc) is 2.52. The first kappa shape index (κ1) is 15.4. The highest BCUT2D eigenvalue weighted by Gasteiger charge is 2.11. The van der Waals surface area contributed by atoms with E-state index < -0.39 is 0 Å². The smallest absolute Gasteiger partial charge is 0.122 e. The minimum absolute atomic E-state index is 0.577. The van der Waals surface area contributed by atoms with Crippen LogP contribution in [0.3, 0.4) is 0 Å². The Kier molecular flexibility index (Phi) is 6.38. The number of para-hydroxylation sites is 1. The van der Waals surface area contributed by atoms with E-state index in [0.717, 1.165) is 25.2 Å². The molecule has 0 N–H and O–H groups in total. The van der Waals surface area contributed by atoms with Crippen LogP contribution in [0.1, 0.15) is 57.4 Å². The Balaban J connectivity index is 1.76. The van der Waals surface area contributed by atoms with E-state index in [-0.39, 0.29) is 0 Å². The minimum atomic E-state index is 0.577. The van der Waals surface area contributed by atoms with E-state index in [1.54, 1.807) is 0 Å². The highest BCUT2D eigenvalue weighted by Crippen LogP contribution is 2.28. The normalized spacial score (nSPS) is 17.9. The summed E-state index contributed by atoms with van der Waals surface area (Å²) in [5.74, 6) is 1.66. The zero-order valence-electron chi connectivity index (χ0n) is 13.1. The maximum Gasteiger partial charge on any atom is 0.122 e. The number of rotatable bonds is 7. The van der Waals surface area contributed by atoms with Crippen molar-refractivity contribution in [3.05, 3.63) is 29.8 Å². The average molecular weight is 275 g/mol. The fourth-order valence-electron chi connectivity index (χ4n) is 2.89. The molecule has 0 aromatic heterocycles. The molecule has 0 aliphatic carbocycles. The van der Waals surface area contributed by atoms with Crippen molar-refractivity contribution in [2.75, 3.05) is 26.2 Å². The van der Waals surface area contributed by atoms with E-state index in [1.165, 1.54) is 44.5 Å². The van der Waals surface area contributed by atoms with Crippen LogP contribution in [0.5, 0.6) is 5.75 Å². The van der Waals surface area contributed by atoms with Gasteiger partial charge in [-0.15, -0.1) is 0 Å². The third-order valence-electron chi connectivity index (χ3n) is 4.39. The lowest BCUT2D eigenvalue weighted by atomic mass is 9.98. The van der Waals surface area contributed by atoms with Gasteiger partial charge in [0.2, 0.25) is 0 Å². The monoisotopic (exact) mass is 275 g/mol. The number of hydrogen-bond acceptors (Lipinski definition) is 2. The van der Waals surface area contributed by atoms with Crippen molar-refractivity contribution < 1.29 is 4.74 Å². The summed E-state index contributed by atoms with van der Waals surface area (Å²) in [6, 6.07) is 8.50. The molecule has 1 saturated heterocycles. The van der Waals surface area contributed by atoms with E-state index >= 15 is 0 Å². The zero-order valence-corrected chi connectivity index (χ0v) is 13.1. The van der Waals surface area contributed by atoms with Gasteiger partial charge >= 0.3 is 0 Å². The summed E-state index contributed by atoms with van der Waals surface area (Å²) in [7, 11) is 0. The second-order valence-electron chi connectivity index (χ2n) is 5.95. The molecule has 1 atom stereocenters. The predicted octanol–water partition coefficient (Wildman–Crippen LogP) is 4.45. The molecule has 0 unspecified atom stereocenters. The van der Waals surface area contributed by atoms with E-state index in [2.05, 4.69) is 43.0 Å². The van der Waals surface area contributed by atoms with Crippen molar-refractivity contribution in [2.24, 2.45) is 0 Å². The Morgan fingerprint density at radius 2 is 1.90 bits per heavy atom. The summed E-state index contributed by atoms with van der Waals surface area (Å²) >= 11 is 0. The van der Waals surface area contributed by atoms with Crippen LogP contribution in [0.15, 0.2) is 24.3 Å². The number of piperidine rings is 1. The summed E-state index contributed by atoms with van der Waals surface area (Å²) in [6.07, 6.45) is 6.45. The highest BCUT2D eigenvalue weighted by molar-refractivity contribution is 5.35. The molecule has 20 heavy (non-hydrogen) atoms. The molecule has 1 aromatic carbocycles. The first-order valence-corrected chi connectivity index (χ1v) is 8.25. The molecule has 2 heteroatoms. The zero-order chi connectivity index (χ0) is 14.2. The van der Waals surface area contributed by atoms with Gasteiger partial charge in [-0.3, -0.25) is 0 Å². The molecule has 1 heterocycles. The summed E-state index contributed by atoms with van der Waals surface area (Å²) in [5.41, 5.74) is 1.35. The lowest BCUT2D eigenvalue weighted by molar-refractivity contribution is 0.204. The number of ether oxygens (including phenoxy) is 1. The molecule has 0 spiro atoms. The molecular weight excluding hydrogens is 246 g/mol. The van der Waals surface area contributed by atoms with Crippen LogP contribution in [0, 0.1) is 0 Å². The Labute approximate surface area is 124 Å². The fraction of sp³-hybridized carbons (Fsp3) is 0.667. The Morgan fingerprint density at radius 1 is 1.15 bits per heavy atom. The molecule has 2 rings (SSSR count). The van der Waals surface area contributed by atoms with E-state index in [0.29, 0.717) is 5.92 Å². The van der Waals surface area contributed by atoms with Gasteiger partial charge < -0.3 is 9.64 Å². The summed E-state index contributed by atoms with van der Waals surface area (Å²) < 4.78 is 6.02. The van der Waals surface area contributed by atoms with Crippen molar-refractivity contribution in [3.8, 4) is 5.75 Å². The van der Waals surface area contributed by atoms with Gasteiger partial charge in [-0.2, -0.15) is 0 Å². The first-order valence-electron chi connectivity index (χ1n) is 8.25. The lowest BCUT2D eigenvalue weighted by Gasteiger charge is -2.26. The van der Waals surface area contributed by atoms with Crippen LogP contribution < -0.4 is 4.74 Å². The maximum atomic E-state index is 6.02. The van der Waals surface area contributed by atoms with Crippen LogP contribution >= 0.6 is 0 Å². The lowest BCUT2D eigenvalue weighted by Crippen LogP contribution is -2.31. The maximum absolute atomic E-state index is 6.02. The molecule has 1 aromatic rings. The quantitative estimate of drug-likeness (QED) is 0.681. The van der Waals surface area contributed by atoms with Gasteiger partial charge in [0.15, 0.2) is 0 Å². The molecule has 0 bridgehead atoms. The SMILES string of the molecule is CC[C@@H](C)c1ccccc1OCCCN1CCCCC1. The van der Waals surface area contributed by atoms with Crippen LogP contribution in [0.2, 0.25) is 0 Å². The standard InChI is InChI=1S/C18H29NO/c1-3-16(2)17-10-5-6-11-18(17)20-15-9-14-19-12-7-4-8-13-19/h5-6,10-11,16H,3-4,7-9,12-15H2,1-2H3/t16-/m1/s1. The molecule has 1 fully saturated rings. The molecule has 0 amide bonds. The van der Waals surface area contributed by atoms with Crippen molar-refractivity contribution >= 4 is 0 Å². The molecular formula is C18H29NO. The predicted molar refractivity (Wildman–Crippen MR) is 85.6 cm³/mol. The van der Waals surface area contributed by atoms with Gasteiger partial charge in [-0.25, -0.2) is 0 Å². The molecule has 0 radical (unpaired) electrons. The number of hydrogen-bond donors (Lipinski definition) is 0. The summed E-state index contributed by atoms with van der Waals surface area (Å²) in [4.78, 5) is 2.58. The topological polar surface area (TPSA) is 12.5 Å². The molecule has 112 valence electrons. The minimum Gasteiger partial charge on any atom is -0.493 e. The Hall–Kier alpha value is -1.02. The largest absolute Gasteiger partial charge is 0.493 e. The molecule has 2 nitrogen and oxygen atoms in total. The number of nitrogens with zero attached hydrogens (tertiary/aromatic N) is 1. The highest BCUT2D eigenvalue weighted by atomic mass is 16.5. The second kappa shape index (κ2) is 8.31. The van der Waals surface area contributed by atoms with Gasteiger partial charge in [-0.05, 0) is 56.3 Å². The molecule has 0 saturated carbocycles. The first-order chi connectivity index (χ1) is 9.81. The Morgan fingerprint density at radius 3 is 2.65 bits per heavy atom. The van der Waals surface area contributed by atoms with Crippen LogP contribution in [-0.2, 0) is 0 Å². The summed E-state index contributed by atoms with van der Waals surface area (Å²) in [5, 5.41) is 0. The van der Waals surface area contributed by atoms with Crippen LogP contribution in [0.25, 0.3) is 0 Å². The number of likely N-dealkylation sites (tertiary alicyclic amines) is 1. The van der Waals surface area contributed by atoms with Crippen molar-refractivity contribution in [3.63, 3.8) is 0 Å². The van der Waals surface area contributed by atoms with Gasteiger partial charge in [0.25, 0.3) is 0 Å². The van der Waals surface area contributed by atoms with Gasteiger partial charge in [0, 0.05) is 6.54 Å². The van der Waals surface area contributed by atoms with E-state index in [4.69, 9.17) is 4.74 Å². The van der Waals surface area contributed by atoms with Crippen LogP contribution in [-0.4, -0.2) is 31.1 Å².